The molecule has 0 N–H and O–H groups in total. The fourth-order valence-electron chi connectivity index (χ4n) is 3.40. The van der Waals surface area contributed by atoms with Gasteiger partial charge in [-0.1, -0.05) is 30.3 Å². The molecule has 0 spiro atoms. The van der Waals surface area contributed by atoms with Crippen molar-refractivity contribution >= 4 is 29.0 Å². The normalized spacial score (nSPS) is 12.3. The number of ether oxygens (including phenoxy) is 2. The summed E-state index contributed by atoms with van der Waals surface area (Å²) < 4.78 is 10.9. The molecule has 0 unspecified atom stereocenters. The van der Waals surface area contributed by atoms with E-state index in [-0.39, 0.29) is 34.4 Å². The van der Waals surface area contributed by atoms with E-state index in [0.717, 1.165) is 18.2 Å². The largest absolute Gasteiger partial charge is 0.493 e. The zero-order valence-corrected chi connectivity index (χ0v) is 17.0. The lowest BCUT2D eigenvalue weighted by atomic mass is 10.1. The van der Waals surface area contributed by atoms with E-state index in [9.17, 15) is 29.8 Å². The van der Waals surface area contributed by atoms with Crippen LogP contribution < -0.4 is 9.47 Å². The average molecular weight is 446 g/mol. The Morgan fingerprint density at radius 1 is 0.788 bits per heavy atom. The van der Waals surface area contributed by atoms with E-state index in [2.05, 4.69) is 0 Å². The third-order valence-electron chi connectivity index (χ3n) is 4.97. The third-order valence-corrected chi connectivity index (χ3v) is 4.97. The molecule has 4 rings (SSSR count). The molecule has 164 valence electrons. The first-order valence-electron chi connectivity index (χ1n) is 9.49. The van der Waals surface area contributed by atoms with Gasteiger partial charge >= 0.3 is 5.69 Å². The highest BCUT2D eigenvalue weighted by Gasteiger charge is 2.32. The number of methoxy groups -OCH3 is 1. The number of nitro groups is 2. The van der Waals surface area contributed by atoms with Crippen LogP contribution in [-0.2, 0) is 0 Å². The predicted octanol–water partition coefficient (Wildman–Crippen LogP) is 4.77. The van der Waals surface area contributed by atoms with Crippen LogP contribution in [-0.4, -0.2) is 28.5 Å². The summed E-state index contributed by atoms with van der Waals surface area (Å²) in [6, 6.07) is 14.0. The number of hydrogen-bond acceptors (Lipinski definition) is 8. The number of nitro benzene ring substituents is 2. The first-order valence-corrected chi connectivity index (χ1v) is 9.49. The van der Waals surface area contributed by atoms with Gasteiger partial charge in [-0.25, -0.2) is 0 Å². The van der Waals surface area contributed by atoms with Crippen LogP contribution in [0.5, 0.6) is 17.2 Å². The first kappa shape index (κ1) is 21.4. The number of non-ortho nitro benzene ring substituents is 1. The molecule has 0 atom stereocenters. The van der Waals surface area contributed by atoms with Gasteiger partial charge < -0.3 is 9.47 Å². The maximum atomic E-state index is 12.6. The van der Waals surface area contributed by atoms with Gasteiger partial charge in [0.25, 0.3) is 5.69 Å². The SMILES string of the molecule is COc1cc(C=C2C(=O)c3ccccc3C2=O)ccc1Oc1ccc([N+](=O)[O-])cc1[N+](=O)[O-]. The minimum absolute atomic E-state index is 0.0120. The summed E-state index contributed by atoms with van der Waals surface area (Å²) in [7, 11) is 1.35. The van der Waals surface area contributed by atoms with Crippen molar-refractivity contribution in [1.29, 1.82) is 0 Å². The summed E-state index contributed by atoms with van der Waals surface area (Å²) in [6.07, 6.45) is 1.44. The second-order valence-corrected chi connectivity index (χ2v) is 6.94. The van der Waals surface area contributed by atoms with Gasteiger partial charge in [0.15, 0.2) is 23.1 Å². The molecule has 0 heterocycles. The molecule has 0 saturated heterocycles. The average Bonchev–Trinajstić information content (AvgIpc) is 3.05. The predicted molar refractivity (Wildman–Crippen MR) is 116 cm³/mol. The fourth-order valence-corrected chi connectivity index (χ4v) is 3.40. The van der Waals surface area contributed by atoms with Gasteiger partial charge in [-0.3, -0.25) is 29.8 Å². The van der Waals surface area contributed by atoms with Crippen molar-refractivity contribution in [2.75, 3.05) is 7.11 Å². The number of nitrogens with zero attached hydrogens (tertiary/aromatic N) is 2. The Hall–Kier alpha value is -4.86. The summed E-state index contributed by atoms with van der Waals surface area (Å²) in [4.78, 5) is 45.9. The van der Waals surface area contributed by atoms with E-state index in [1.54, 1.807) is 30.3 Å². The van der Waals surface area contributed by atoms with Gasteiger partial charge in [-0.05, 0) is 29.8 Å². The topological polar surface area (TPSA) is 139 Å². The van der Waals surface area contributed by atoms with Crippen LogP contribution in [0.15, 0.2) is 66.2 Å². The number of benzene rings is 3. The lowest BCUT2D eigenvalue weighted by Gasteiger charge is -2.11. The number of carbonyl (C=O) groups excluding carboxylic acids is 2. The maximum Gasteiger partial charge on any atom is 0.318 e. The molecular formula is C23H14N2O8. The Morgan fingerprint density at radius 2 is 1.42 bits per heavy atom. The Morgan fingerprint density at radius 3 is 2.00 bits per heavy atom. The Bertz CT molecular complexity index is 1340. The highest BCUT2D eigenvalue weighted by Crippen LogP contribution is 2.39. The lowest BCUT2D eigenvalue weighted by Crippen LogP contribution is -2.00. The smallest absolute Gasteiger partial charge is 0.318 e. The number of Topliss-reactive ketones (excluding diaryl/α,β-unsaturated/α-hetero) is 2. The van der Waals surface area contributed by atoms with Gasteiger partial charge in [-0.15, -0.1) is 0 Å². The van der Waals surface area contributed by atoms with Crippen molar-refractivity contribution < 1.29 is 28.9 Å². The molecule has 0 aliphatic heterocycles. The van der Waals surface area contributed by atoms with Crippen LogP contribution in [0.2, 0.25) is 0 Å². The highest BCUT2D eigenvalue weighted by atomic mass is 16.6. The Balaban J connectivity index is 1.67. The molecule has 0 aromatic heterocycles. The fraction of sp³-hybridized carbons (Fsp3) is 0.0435. The van der Waals surface area contributed by atoms with Gasteiger partial charge in [-0.2, -0.15) is 0 Å². The van der Waals surface area contributed by atoms with Crippen molar-refractivity contribution in [1.82, 2.24) is 0 Å². The second kappa shape index (κ2) is 8.35. The van der Waals surface area contributed by atoms with Gasteiger partial charge in [0.05, 0.1) is 28.6 Å². The Kier molecular flexibility index (Phi) is 5.41. The number of rotatable bonds is 6. The summed E-state index contributed by atoms with van der Waals surface area (Å²) in [6.45, 7) is 0. The van der Waals surface area contributed by atoms with E-state index >= 15 is 0 Å². The zero-order valence-electron chi connectivity index (χ0n) is 17.0. The van der Waals surface area contributed by atoms with Crippen LogP contribution >= 0.6 is 0 Å². The van der Waals surface area contributed by atoms with Crippen molar-refractivity contribution in [3.05, 3.63) is 103 Å². The van der Waals surface area contributed by atoms with E-state index in [1.807, 2.05) is 0 Å². The molecule has 0 radical (unpaired) electrons. The minimum atomic E-state index is -0.789. The van der Waals surface area contributed by atoms with Crippen LogP contribution in [0.3, 0.4) is 0 Å². The molecule has 33 heavy (non-hydrogen) atoms. The van der Waals surface area contributed by atoms with E-state index < -0.39 is 21.2 Å². The third kappa shape index (κ3) is 3.92. The second-order valence-electron chi connectivity index (χ2n) is 6.94. The molecule has 0 fully saturated rings. The molecule has 3 aromatic rings. The number of hydrogen-bond donors (Lipinski definition) is 0. The molecule has 0 bridgehead atoms. The van der Waals surface area contributed by atoms with Crippen LogP contribution in [0, 0.1) is 20.2 Å². The van der Waals surface area contributed by atoms with Crippen molar-refractivity contribution in [2.24, 2.45) is 0 Å². The molecular weight excluding hydrogens is 432 g/mol. The monoisotopic (exact) mass is 446 g/mol. The number of allylic oxidation sites excluding steroid dienone is 1. The summed E-state index contributed by atoms with van der Waals surface area (Å²) in [5, 5.41) is 22.3. The first-order chi connectivity index (χ1) is 15.8. The van der Waals surface area contributed by atoms with Crippen molar-refractivity contribution in [2.45, 2.75) is 0 Å². The highest BCUT2D eigenvalue weighted by molar-refractivity contribution is 6.41. The lowest BCUT2D eigenvalue weighted by molar-refractivity contribution is -0.394. The van der Waals surface area contributed by atoms with Crippen LogP contribution in [0.1, 0.15) is 26.3 Å². The van der Waals surface area contributed by atoms with Crippen LogP contribution in [0.25, 0.3) is 6.08 Å². The zero-order chi connectivity index (χ0) is 23.7. The van der Waals surface area contributed by atoms with Gasteiger partial charge in [0.2, 0.25) is 5.75 Å². The number of ketones is 2. The molecule has 3 aromatic carbocycles. The molecule has 1 aliphatic carbocycles. The van der Waals surface area contributed by atoms with Gasteiger partial charge in [0, 0.05) is 17.2 Å². The Labute approximate surface area is 186 Å². The number of fused-ring (bicyclic) bond motifs is 1. The van der Waals surface area contributed by atoms with E-state index in [1.165, 1.54) is 25.3 Å². The number of carbonyl (C=O) groups is 2. The molecule has 0 saturated carbocycles. The molecule has 1 aliphatic rings. The molecule has 0 amide bonds. The van der Waals surface area contributed by atoms with Crippen molar-refractivity contribution in [3.63, 3.8) is 0 Å². The molecule has 10 nitrogen and oxygen atoms in total. The molecule has 10 heteroatoms. The van der Waals surface area contributed by atoms with Crippen molar-refractivity contribution in [3.8, 4) is 17.2 Å². The van der Waals surface area contributed by atoms with E-state index in [0.29, 0.717) is 16.7 Å². The quantitative estimate of drug-likeness (QED) is 0.228. The van der Waals surface area contributed by atoms with Gasteiger partial charge in [0.1, 0.15) is 0 Å². The summed E-state index contributed by atoms with van der Waals surface area (Å²) >= 11 is 0. The minimum Gasteiger partial charge on any atom is -0.493 e. The summed E-state index contributed by atoms with van der Waals surface area (Å²) in [5.41, 5.74) is 0.129. The summed E-state index contributed by atoms with van der Waals surface area (Å²) in [5.74, 6) is -0.698. The van der Waals surface area contributed by atoms with E-state index in [4.69, 9.17) is 9.47 Å². The maximum absolute atomic E-state index is 12.6. The standard InChI is InChI=1S/C23H14N2O8/c1-32-21-11-13(10-17-22(26)15-4-2-3-5-16(15)23(17)27)6-8-20(21)33-19-9-7-14(24(28)29)12-18(19)25(30)31/h2-12H,1H3. The van der Waals surface area contributed by atoms with Crippen LogP contribution in [0.4, 0.5) is 11.4 Å².